The van der Waals surface area contributed by atoms with Crippen LogP contribution in [-0.4, -0.2) is 11.1 Å². The predicted octanol–water partition coefficient (Wildman–Crippen LogP) is 4.34. The van der Waals surface area contributed by atoms with E-state index < -0.39 is 5.97 Å². The molecule has 0 spiro atoms. The summed E-state index contributed by atoms with van der Waals surface area (Å²) in [7, 11) is 0. The standard InChI is InChI=1S/C15H28O2/c1-4-6-12-7-8-14(15(16)17)13(10-12)9-11(3)5-2/h11-14H,4-10H2,1-3H3,(H,16,17). The molecule has 17 heavy (non-hydrogen) atoms. The summed E-state index contributed by atoms with van der Waals surface area (Å²) in [5, 5.41) is 9.31. The SMILES string of the molecule is CCCC1CCC(C(=O)O)C(CC(C)CC)C1. The average Bonchev–Trinajstić information content (AvgIpc) is 2.29. The van der Waals surface area contributed by atoms with Crippen LogP contribution in [-0.2, 0) is 4.79 Å². The van der Waals surface area contributed by atoms with Gasteiger partial charge in [-0.3, -0.25) is 4.79 Å². The molecule has 4 unspecified atom stereocenters. The molecule has 0 heterocycles. The van der Waals surface area contributed by atoms with Crippen LogP contribution in [0.3, 0.4) is 0 Å². The minimum Gasteiger partial charge on any atom is -0.481 e. The molecule has 2 nitrogen and oxygen atoms in total. The van der Waals surface area contributed by atoms with E-state index in [-0.39, 0.29) is 5.92 Å². The first-order chi connectivity index (χ1) is 8.08. The van der Waals surface area contributed by atoms with Crippen LogP contribution in [0.1, 0.15) is 65.7 Å². The Morgan fingerprint density at radius 2 is 2.06 bits per heavy atom. The van der Waals surface area contributed by atoms with Crippen molar-refractivity contribution in [2.45, 2.75) is 65.7 Å². The minimum atomic E-state index is -0.562. The molecule has 1 saturated carbocycles. The van der Waals surface area contributed by atoms with Crippen LogP contribution in [0.2, 0.25) is 0 Å². The molecule has 1 aliphatic rings. The van der Waals surface area contributed by atoms with Crippen molar-refractivity contribution < 1.29 is 9.90 Å². The van der Waals surface area contributed by atoms with Gasteiger partial charge in [0.05, 0.1) is 5.92 Å². The minimum absolute atomic E-state index is 0.0721. The number of hydrogen-bond acceptors (Lipinski definition) is 1. The van der Waals surface area contributed by atoms with Crippen LogP contribution in [0.4, 0.5) is 0 Å². The first-order valence-corrected chi connectivity index (χ1v) is 7.31. The molecule has 1 aliphatic carbocycles. The molecule has 1 fully saturated rings. The highest BCUT2D eigenvalue weighted by Gasteiger charge is 2.34. The Balaban J connectivity index is 2.59. The van der Waals surface area contributed by atoms with Gasteiger partial charge in [0.25, 0.3) is 0 Å². The Labute approximate surface area is 106 Å². The first kappa shape index (κ1) is 14.5. The zero-order valence-corrected chi connectivity index (χ0v) is 11.6. The smallest absolute Gasteiger partial charge is 0.306 e. The molecule has 0 bridgehead atoms. The van der Waals surface area contributed by atoms with Crippen molar-refractivity contribution in [3.8, 4) is 0 Å². The number of carbonyl (C=O) groups is 1. The van der Waals surface area contributed by atoms with Crippen LogP contribution >= 0.6 is 0 Å². The molecule has 0 aromatic heterocycles. The van der Waals surface area contributed by atoms with Gasteiger partial charge in [-0.1, -0.05) is 40.0 Å². The Kier molecular flexibility index (Phi) is 6.01. The molecule has 100 valence electrons. The lowest BCUT2D eigenvalue weighted by Crippen LogP contribution is -2.31. The largest absolute Gasteiger partial charge is 0.481 e. The van der Waals surface area contributed by atoms with E-state index in [9.17, 15) is 9.90 Å². The van der Waals surface area contributed by atoms with E-state index >= 15 is 0 Å². The molecule has 0 radical (unpaired) electrons. The molecule has 1 N–H and O–H groups in total. The maximum atomic E-state index is 11.3. The molecule has 0 amide bonds. The summed E-state index contributed by atoms with van der Waals surface area (Å²) in [4.78, 5) is 11.3. The van der Waals surface area contributed by atoms with E-state index in [1.54, 1.807) is 0 Å². The molecule has 1 rings (SSSR count). The van der Waals surface area contributed by atoms with Crippen molar-refractivity contribution in [2.75, 3.05) is 0 Å². The third-order valence-electron chi connectivity index (χ3n) is 4.51. The van der Waals surface area contributed by atoms with Gasteiger partial charge in [0.15, 0.2) is 0 Å². The van der Waals surface area contributed by atoms with Gasteiger partial charge in [-0.2, -0.15) is 0 Å². The molecular weight excluding hydrogens is 212 g/mol. The van der Waals surface area contributed by atoms with Gasteiger partial charge in [-0.25, -0.2) is 0 Å². The quantitative estimate of drug-likeness (QED) is 0.750. The van der Waals surface area contributed by atoms with Crippen molar-refractivity contribution in [2.24, 2.45) is 23.7 Å². The molecule has 0 aromatic rings. The summed E-state index contributed by atoms with van der Waals surface area (Å²) >= 11 is 0. The Hall–Kier alpha value is -0.530. The molecule has 0 saturated heterocycles. The van der Waals surface area contributed by atoms with E-state index in [4.69, 9.17) is 0 Å². The van der Waals surface area contributed by atoms with Crippen LogP contribution in [0.5, 0.6) is 0 Å². The fourth-order valence-electron chi connectivity index (χ4n) is 3.30. The van der Waals surface area contributed by atoms with Crippen molar-refractivity contribution in [3.63, 3.8) is 0 Å². The normalized spacial score (nSPS) is 31.1. The van der Waals surface area contributed by atoms with Crippen LogP contribution in [0.25, 0.3) is 0 Å². The predicted molar refractivity (Wildman–Crippen MR) is 70.9 cm³/mol. The van der Waals surface area contributed by atoms with Crippen molar-refractivity contribution >= 4 is 5.97 Å². The van der Waals surface area contributed by atoms with Crippen molar-refractivity contribution in [1.82, 2.24) is 0 Å². The highest BCUT2D eigenvalue weighted by atomic mass is 16.4. The summed E-state index contributed by atoms with van der Waals surface area (Å²) in [6.45, 7) is 6.68. The van der Waals surface area contributed by atoms with Gasteiger partial charge in [0, 0.05) is 0 Å². The van der Waals surface area contributed by atoms with E-state index in [0.29, 0.717) is 11.8 Å². The second kappa shape index (κ2) is 7.03. The van der Waals surface area contributed by atoms with Gasteiger partial charge in [-0.05, 0) is 43.4 Å². The number of rotatable bonds is 6. The fraction of sp³-hybridized carbons (Fsp3) is 0.933. The number of carboxylic acid groups (broad SMARTS) is 1. The monoisotopic (exact) mass is 240 g/mol. The molecular formula is C15H28O2. The Morgan fingerprint density at radius 1 is 1.35 bits per heavy atom. The Morgan fingerprint density at radius 3 is 2.59 bits per heavy atom. The lowest BCUT2D eigenvalue weighted by molar-refractivity contribution is -0.145. The van der Waals surface area contributed by atoms with E-state index in [2.05, 4.69) is 20.8 Å². The zero-order valence-electron chi connectivity index (χ0n) is 11.6. The third-order valence-corrected chi connectivity index (χ3v) is 4.51. The highest BCUT2D eigenvalue weighted by Crippen LogP contribution is 2.39. The number of carboxylic acids is 1. The van der Waals surface area contributed by atoms with Gasteiger partial charge < -0.3 is 5.11 Å². The molecule has 4 atom stereocenters. The topological polar surface area (TPSA) is 37.3 Å². The molecule has 0 aliphatic heterocycles. The van der Waals surface area contributed by atoms with Gasteiger partial charge in [-0.15, -0.1) is 0 Å². The van der Waals surface area contributed by atoms with Crippen molar-refractivity contribution in [3.05, 3.63) is 0 Å². The van der Waals surface area contributed by atoms with Crippen molar-refractivity contribution in [1.29, 1.82) is 0 Å². The average molecular weight is 240 g/mol. The second-order valence-electron chi connectivity index (χ2n) is 5.92. The van der Waals surface area contributed by atoms with E-state index in [1.807, 2.05) is 0 Å². The number of aliphatic carboxylic acids is 1. The summed E-state index contributed by atoms with van der Waals surface area (Å²) in [5.41, 5.74) is 0. The van der Waals surface area contributed by atoms with Crippen LogP contribution in [0, 0.1) is 23.7 Å². The van der Waals surface area contributed by atoms with Gasteiger partial charge in [0.2, 0.25) is 0 Å². The second-order valence-corrected chi connectivity index (χ2v) is 5.92. The van der Waals surface area contributed by atoms with E-state index in [0.717, 1.165) is 31.6 Å². The Bertz CT molecular complexity index is 237. The fourth-order valence-corrected chi connectivity index (χ4v) is 3.30. The summed E-state index contributed by atoms with van der Waals surface area (Å²) in [6.07, 6.45) is 7.97. The maximum Gasteiger partial charge on any atom is 0.306 e. The van der Waals surface area contributed by atoms with Crippen LogP contribution < -0.4 is 0 Å². The number of hydrogen-bond donors (Lipinski definition) is 1. The summed E-state index contributed by atoms with van der Waals surface area (Å²) in [6, 6.07) is 0. The maximum absolute atomic E-state index is 11.3. The zero-order chi connectivity index (χ0) is 12.8. The van der Waals surface area contributed by atoms with E-state index in [1.165, 1.54) is 19.3 Å². The lowest BCUT2D eigenvalue weighted by Gasteiger charge is -2.35. The summed E-state index contributed by atoms with van der Waals surface area (Å²) < 4.78 is 0. The summed E-state index contributed by atoms with van der Waals surface area (Å²) in [5.74, 6) is 1.24. The van der Waals surface area contributed by atoms with Gasteiger partial charge >= 0.3 is 5.97 Å². The first-order valence-electron chi connectivity index (χ1n) is 7.31. The van der Waals surface area contributed by atoms with Gasteiger partial charge in [0.1, 0.15) is 0 Å². The lowest BCUT2D eigenvalue weighted by atomic mass is 9.70. The third kappa shape index (κ3) is 4.33. The highest BCUT2D eigenvalue weighted by molar-refractivity contribution is 5.70. The molecule has 2 heteroatoms. The van der Waals surface area contributed by atoms with Crippen LogP contribution in [0.15, 0.2) is 0 Å². The molecule has 0 aromatic carbocycles.